The van der Waals surface area contributed by atoms with Crippen LogP contribution in [0.5, 0.6) is 0 Å². The highest BCUT2D eigenvalue weighted by atomic mass is 32.2. The van der Waals surface area contributed by atoms with Gasteiger partial charge < -0.3 is 5.32 Å². The second-order valence-corrected chi connectivity index (χ2v) is 10.4. The molecule has 1 aliphatic rings. The summed E-state index contributed by atoms with van der Waals surface area (Å²) < 4.78 is 28.6. The number of thioether (sulfide) groups is 1. The quantitative estimate of drug-likeness (QED) is 0.548. The number of aromatic nitrogens is 3. The Labute approximate surface area is 185 Å². The first-order valence-corrected chi connectivity index (χ1v) is 12.3. The summed E-state index contributed by atoms with van der Waals surface area (Å²) in [6, 6.07) is 16.0. The van der Waals surface area contributed by atoms with Gasteiger partial charge in [-0.2, -0.15) is 4.31 Å². The second kappa shape index (κ2) is 9.21. The molecule has 0 unspecified atom stereocenters. The van der Waals surface area contributed by atoms with Crippen LogP contribution >= 0.6 is 11.8 Å². The Bertz CT molecular complexity index is 1140. The van der Waals surface area contributed by atoms with Crippen molar-refractivity contribution >= 4 is 33.4 Å². The fourth-order valence-corrected chi connectivity index (χ4v) is 5.67. The van der Waals surface area contributed by atoms with E-state index in [0.29, 0.717) is 23.9 Å². The van der Waals surface area contributed by atoms with E-state index in [2.05, 4.69) is 15.5 Å². The van der Waals surface area contributed by atoms with Gasteiger partial charge in [0, 0.05) is 24.5 Å². The van der Waals surface area contributed by atoms with Crippen LogP contribution in [0.4, 0.5) is 5.69 Å². The van der Waals surface area contributed by atoms with E-state index < -0.39 is 15.3 Å². The number of hydrogen-bond acceptors (Lipinski definition) is 6. The van der Waals surface area contributed by atoms with E-state index in [4.69, 9.17) is 0 Å². The number of benzene rings is 2. The third-order valence-corrected chi connectivity index (χ3v) is 8.00. The number of rotatable bonds is 7. The number of carbonyl (C=O) groups is 1. The average Bonchev–Trinajstić information content (AvgIpc) is 3.47. The summed E-state index contributed by atoms with van der Waals surface area (Å²) in [5.41, 5.74) is 1.46. The van der Waals surface area contributed by atoms with E-state index >= 15 is 0 Å². The van der Waals surface area contributed by atoms with Crippen molar-refractivity contribution in [1.82, 2.24) is 19.1 Å². The second-order valence-electron chi connectivity index (χ2n) is 7.20. The van der Waals surface area contributed by atoms with Crippen LogP contribution in [-0.2, 0) is 14.8 Å². The van der Waals surface area contributed by atoms with Crippen molar-refractivity contribution in [1.29, 1.82) is 0 Å². The van der Waals surface area contributed by atoms with Gasteiger partial charge in [-0.1, -0.05) is 30.0 Å². The maximum atomic E-state index is 12.7. The van der Waals surface area contributed by atoms with Crippen molar-refractivity contribution in [2.45, 2.75) is 35.1 Å². The van der Waals surface area contributed by atoms with Gasteiger partial charge >= 0.3 is 0 Å². The summed E-state index contributed by atoms with van der Waals surface area (Å²) in [5, 5.41) is 11.1. The van der Waals surface area contributed by atoms with Gasteiger partial charge in [0.25, 0.3) is 0 Å². The predicted octanol–water partition coefficient (Wildman–Crippen LogP) is 3.17. The standard InChI is InChI=1S/C21H23N5O3S2/c1-16(30-21-24-22-15-26(21)18-7-3-2-4-8-18)20(27)23-17-9-11-19(12-10-17)31(28,29)25-13-5-6-14-25/h2-4,7-12,15-16H,5-6,13-14H2,1H3,(H,23,27)/t16-/m1/s1. The van der Waals surface area contributed by atoms with E-state index in [0.717, 1.165) is 18.5 Å². The summed E-state index contributed by atoms with van der Waals surface area (Å²) in [4.78, 5) is 12.9. The van der Waals surface area contributed by atoms with Crippen molar-refractivity contribution in [3.05, 3.63) is 60.9 Å². The van der Waals surface area contributed by atoms with Crippen molar-refractivity contribution in [2.75, 3.05) is 18.4 Å². The fraction of sp³-hybridized carbons (Fsp3) is 0.286. The molecule has 1 atom stereocenters. The molecule has 0 radical (unpaired) electrons. The Morgan fingerprint density at radius 1 is 1.06 bits per heavy atom. The normalized spacial score (nSPS) is 15.6. The number of anilines is 1. The predicted molar refractivity (Wildman–Crippen MR) is 120 cm³/mol. The van der Waals surface area contributed by atoms with E-state index in [-0.39, 0.29) is 10.8 Å². The highest BCUT2D eigenvalue weighted by molar-refractivity contribution is 8.00. The number of hydrogen-bond donors (Lipinski definition) is 1. The lowest BCUT2D eigenvalue weighted by atomic mass is 10.3. The molecule has 10 heteroatoms. The molecule has 1 aliphatic heterocycles. The van der Waals surface area contributed by atoms with E-state index in [1.807, 2.05) is 34.9 Å². The van der Waals surface area contributed by atoms with Crippen LogP contribution in [-0.4, -0.2) is 51.7 Å². The molecule has 0 saturated carbocycles. The summed E-state index contributed by atoms with van der Waals surface area (Å²) in [6.45, 7) is 2.91. The van der Waals surface area contributed by atoms with Gasteiger partial charge in [-0.3, -0.25) is 9.36 Å². The van der Waals surface area contributed by atoms with Crippen molar-refractivity contribution in [3.63, 3.8) is 0 Å². The number of nitrogens with one attached hydrogen (secondary N) is 1. The van der Waals surface area contributed by atoms with Crippen molar-refractivity contribution in [2.24, 2.45) is 0 Å². The molecule has 31 heavy (non-hydrogen) atoms. The average molecular weight is 458 g/mol. The molecule has 162 valence electrons. The molecule has 1 N–H and O–H groups in total. The molecule has 0 aliphatic carbocycles. The summed E-state index contributed by atoms with van der Waals surface area (Å²) in [6.07, 6.45) is 3.39. The van der Waals surface area contributed by atoms with Crippen LogP contribution < -0.4 is 5.32 Å². The lowest BCUT2D eigenvalue weighted by molar-refractivity contribution is -0.115. The highest BCUT2D eigenvalue weighted by Crippen LogP contribution is 2.26. The summed E-state index contributed by atoms with van der Waals surface area (Å²) >= 11 is 1.30. The molecule has 1 saturated heterocycles. The molecular weight excluding hydrogens is 434 g/mol. The van der Waals surface area contributed by atoms with Gasteiger partial charge in [0.1, 0.15) is 6.33 Å². The van der Waals surface area contributed by atoms with Gasteiger partial charge in [0.15, 0.2) is 5.16 Å². The minimum atomic E-state index is -3.47. The minimum absolute atomic E-state index is 0.206. The minimum Gasteiger partial charge on any atom is -0.325 e. The zero-order valence-electron chi connectivity index (χ0n) is 17.0. The molecule has 1 aromatic heterocycles. The third-order valence-electron chi connectivity index (χ3n) is 5.03. The smallest absolute Gasteiger partial charge is 0.243 e. The molecule has 2 heterocycles. The molecule has 2 aromatic carbocycles. The van der Waals surface area contributed by atoms with Gasteiger partial charge in [0.05, 0.1) is 10.1 Å². The first-order chi connectivity index (χ1) is 14.9. The maximum absolute atomic E-state index is 12.7. The van der Waals surface area contributed by atoms with Crippen LogP contribution in [0.2, 0.25) is 0 Å². The number of para-hydroxylation sites is 1. The Kier molecular flexibility index (Phi) is 6.40. The molecule has 0 spiro atoms. The number of nitrogens with zero attached hydrogens (tertiary/aromatic N) is 4. The zero-order valence-corrected chi connectivity index (χ0v) is 18.6. The summed E-state index contributed by atoms with van der Waals surface area (Å²) in [7, 11) is -3.47. The van der Waals surface area contributed by atoms with Crippen LogP contribution in [0.3, 0.4) is 0 Å². The van der Waals surface area contributed by atoms with E-state index in [1.54, 1.807) is 25.4 Å². The topological polar surface area (TPSA) is 97.2 Å². The van der Waals surface area contributed by atoms with Gasteiger partial charge in [0.2, 0.25) is 15.9 Å². The molecule has 0 bridgehead atoms. The fourth-order valence-electron chi connectivity index (χ4n) is 3.31. The molecule has 1 fully saturated rings. The maximum Gasteiger partial charge on any atom is 0.243 e. The van der Waals surface area contributed by atoms with Crippen LogP contribution in [0.1, 0.15) is 19.8 Å². The zero-order chi connectivity index (χ0) is 21.8. The summed E-state index contributed by atoms with van der Waals surface area (Å²) in [5.74, 6) is -0.206. The van der Waals surface area contributed by atoms with Gasteiger partial charge in [-0.15, -0.1) is 10.2 Å². The number of amides is 1. The highest BCUT2D eigenvalue weighted by Gasteiger charge is 2.27. The largest absolute Gasteiger partial charge is 0.325 e. The van der Waals surface area contributed by atoms with Crippen LogP contribution in [0.25, 0.3) is 5.69 Å². The molecule has 1 amide bonds. The Morgan fingerprint density at radius 3 is 2.42 bits per heavy atom. The van der Waals surface area contributed by atoms with Crippen LogP contribution in [0, 0.1) is 0 Å². The van der Waals surface area contributed by atoms with E-state index in [9.17, 15) is 13.2 Å². The first kappa shape index (κ1) is 21.5. The molecule has 4 rings (SSSR count). The van der Waals surface area contributed by atoms with Crippen LogP contribution in [0.15, 0.2) is 71.0 Å². The van der Waals surface area contributed by atoms with Crippen molar-refractivity contribution in [3.8, 4) is 5.69 Å². The number of carbonyl (C=O) groups excluding carboxylic acids is 1. The van der Waals surface area contributed by atoms with E-state index in [1.165, 1.54) is 28.2 Å². The molecule has 3 aromatic rings. The van der Waals surface area contributed by atoms with Gasteiger partial charge in [-0.05, 0) is 56.2 Å². The Morgan fingerprint density at radius 2 is 1.74 bits per heavy atom. The van der Waals surface area contributed by atoms with Crippen molar-refractivity contribution < 1.29 is 13.2 Å². The lowest BCUT2D eigenvalue weighted by Crippen LogP contribution is -2.27. The SMILES string of the molecule is C[C@@H](Sc1nncn1-c1ccccc1)C(=O)Nc1ccc(S(=O)(=O)N2CCCC2)cc1. The van der Waals surface area contributed by atoms with Gasteiger partial charge in [-0.25, -0.2) is 8.42 Å². The Hall–Kier alpha value is -2.69. The number of sulfonamides is 1. The Balaban J connectivity index is 1.40. The molecule has 8 nitrogen and oxygen atoms in total. The monoisotopic (exact) mass is 457 g/mol. The third kappa shape index (κ3) is 4.81. The molecular formula is C21H23N5O3S2. The lowest BCUT2D eigenvalue weighted by Gasteiger charge is -2.16. The first-order valence-electron chi connectivity index (χ1n) is 9.98.